The van der Waals surface area contributed by atoms with E-state index in [1.54, 1.807) is 23.1 Å². The van der Waals surface area contributed by atoms with Gasteiger partial charge in [0.15, 0.2) is 0 Å². The predicted molar refractivity (Wildman–Crippen MR) is 120 cm³/mol. The molecule has 0 spiro atoms. The first-order valence-electron chi connectivity index (χ1n) is 11.0. The van der Waals surface area contributed by atoms with Crippen molar-refractivity contribution in [1.29, 1.82) is 0 Å². The molecule has 2 heterocycles. The molecule has 0 aromatic heterocycles. The smallest absolute Gasteiger partial charge is 0.256 e. The third-order valence-electron chi connectivity index (χ3n) is 6.09. The second kappa shape index (κ2) is 9.37. The molecule has 31 heavy (non-hydrogen) atoms. The van der Waals surface area contributed by atoms with Crippen LogP contribution in [-0.4, -0.2) is 60.9 Å². The maximum absolute atomic E-state index is 13.5. The van der Waals surface area contributed by atoms with Crippen molar-refractivity contribution in [1.82, 2.24) is 9.80 Å². The summed E-state index contributed by atoms with van der Waals surface area (Å²) in [6, 6.07) is 11.3. The van der Waals surface area contributed by atoms with Crippen LogP contribution in [-0.2, 0) is 0 Å². The van der Waals surface area contributed by atoms with Crippen molar-refractivity contribution < 1.29 is 14.0 Å². The second-order valence-electron chi connectivity index (χ2n) is 8.27. The summed E-state index contributed by atoms with van der Waals surface area (Å²) in [6.45, 7) is 4.00. The summed E-state index contributed by atoms with van der Waals surface area (Å²) >= 11 is 0. The molecule has 0 saturated carbocycles. The monoisotopic (exact) mass is 424 g/mol. The number of nitrogen functional groups attached to an aromatic ring is 1. The summed E-state index contributed by atoms with van der Waals surface area (Å²) in [7, 11) is 0. The van der Waals surface area contributed by atoms with Crippen LogP contribution >= 0.6 is 0 Å². The summed E-state index contributed by atoms with van der Waals surface area (Å²) in [5.41, 5.74) is 8.45. The van der Waals surface area contributed by atoms with E-state index in [-0.39, 0.29) is 11.8 Å². The lowest BCUT2D eigenvalue weighted by atomic mass is 10.1. The van der Waals surface area contributed by atoms with Crippen LogP contribution in [0.2, 0.25) is 0 Å². The number of carbonyl (C=O) groups is 2. The van der Waals surface area contributed by atoms with Gasteiger partial charge < -0.3 is 20.4 Å². The van der Waals surface area contributed by atoms with Crippen molar-refractivity contribution in [3.05, 3.63) is 59.4 Å². The maximum Gasteiger partial charge on any atom is 0.256 e. The number of halogens is 1. The summed E-state index contributed by atoms with van der Waals surface area (Å²) in [4.78, 5) is 31.9. The minimum absolute atomic E-state index is 0.0268. The highest BCUT2D eigenvalue weighted by Crippen LogP contribution is 2.27. The highest BCUT2D eigenvalue weighted by atomic mass is 19.1. The standard InChI is InChI=1S/C24H29FN4O2/c25-19-7-4-6-18(16-19)23(30)29-13-5-12-27(14-15-29)22-9-8-20(26)17-21(22)24(31)28-10-2-1-3-11-28/h4,6-9,16-17H,1-3,5,10-15,26H2. The molecule has 2 aromatic rings. The number of nitrogens with zero attached hydrogens (tertiary/aromatic N) is 3. The number of likely N-dealkylation sites (tertiary alicyclic amines) is 1. The highest BCUT2D eigenvalue weighted by molar-refractivity contribution is 6.01. The van der Waals surface area contributed by atoms with E-state index in [9.17, 15) is 14.0 Å². The summed E-state index contributed by atoms with van der Waals surface area (Å²) in [5.74, 6) is -0.549. The van der Waals surface area contributed by atoms with Gasteiger partial charge >= 0.3 is 0 Å². The zero-order valence-corrected chi connectivity index (χ0v) is 17.7. The van der Waals surface area contributed by atoms with Crippen LogP contribution in [0.1, 0.15) is 46.4 Å². The fourth-order valence-corrected chi connectivity index (χ4v) is 4.43. The number of hydrogen-bond acceptors (Lipinski definition) is 4. The number of amides is 2. The first kappa shape index (κ1) is 21.2. The average molecular weight is 425 g/mol. The molecule has 6 nitrogen and oxygen atoms in total. The zero-order valence-electron chi connectivity index (χ0n) is 17.7. The minimum Gasteiger partial charge on any atom is -0.399 e. The molecule has 2 N–H and O–H groups in total. The summed E-state index contributed by atoms with van der Waals surface area (Å²) in [5, 5.41) is 0. The number of rotatable bonds is 3. The van der Waals surface area contributed by atoms with Crippen LogP contribution in [0.4, 0.5) is 15.8 Å². The molecule has 2 fully saturated rings. The molecule has 0 unspecified atom stereocenters. The van der Waals surface area contributed by atoms with Gasteiger partial charge in [-0.2, -0.15) is 0 Å². The van der Waals surface area contributed by atoms with Crippen LogP contribution in [0.3, 0.4) is 0 Å². The Morgan fingerprint density at radius 2 is 1.52 bits per heavy atom. The van der Waals surface area contributed by atoms with Gasteiger partial charge in [0.2, 0.25) is 0 Å². The third kappa shape index (κ3) is 4.81. The molecule has 2 saturated heterocycles. The van der Waals surface area contributed by atoms with Gasteiger partial charge in [-0.1, -0.05) is 6.07 Å². The van der Waals surface area contributed by atoms with Gasteiger partial charge in [-0.15, -0.1) is 0 Å². The van der Waals surface area contributed by atoms with Crippen molar-refractivity contribution in [3.63, 3.8) is 0 Å². The maximum atomic E-state index is 13.5. The van der Waals surface area contributed by atoms with Crippen LogP contribution in [0.15, 0.2) is 42.5 Å². The number of nitrogens with two attached hydrogens (primary N) is 1. The molecule has 2 aliphatic heterocycles. The first-order valence-corrected chi connectivity index (χ1v) is 11.0. The lowest BCUT2D eigenvalue weighted by Crippen LogP contribution is -2.38. The van der Waals surface area contributed by atoms with Crippen molar-refractivity contribution >= 4 is 23.2 Å². The van der Waals surface area contributed by atoms with E-state index in [0.717, 1.165) is 51.0 Å². The van der Waals surface area contributed by atoms with Gasteiger partial charge in [0.1, 0.15) is 5.82 Å². The largest absolute Gasteiger partial charge is 0.399 e. The van der Waals surface area contributed by atoms with Crippen LogP contribution in [0.5, 0.6) is 0 Å². The Morgan fingerprint density at radius 3 is 2.29 bits per heavy atom. The Bertz CT molecular complexity index is 958. The lowest BCUT2D eigenvalue weighted by molar-refractivity contribution is 0.0723. The van der Waals surface area contributed by atoms with E-state index >= 15 is 0 Å². The quantitative estimate of drug-likeness (QED) is 0.767. The Hall–Kier alpha value is -3.09. The molecular weight excluding hydrogens is 395 g/mol. The first-order chi connectivity index (χ1) is 15.0. The topological polar surface area (TPSA) is 69.9 Å². The Morgan fingerprint density at radius 1 is 0.774 bits per heavy atom. The Kier molecular flexibility index (Phi) is 6.39. The molecule has 0 atom stereocenters. The average Bonchev–Trinajstić information content (AvgIpc) is 3.05. The fourth-order valence-electron chi connectivity index (χ4n) is 4.43. The molecule has 0 aliphatic carbocycles. The van der Waals surface area contributed by atoms with E-state index < -0.39 is 5.82 Å². The lowest BCUT2D eigenvalue weighted by Gasteiger charge is -2.30. The number of anilines is 2. The number of benzene rings is 2. The number of piperidine rings is 1. The molecular formula is C24H29FN4O2. The van der Waals surface area contributed by atoms with Gasteiger partial charge in [0, 0.05) is 56.2 Å². The number of hydrogen-bond donors (Lipinski definition) is 1. The molecule has 164 valence electrons. The molecule has 7 heteroatoms. The van der Waals surface area contributed by atoms with Crippen LogP contribution in [0.25, 0.3) is 0 Å². The van der Waals surface area contributed by atoms with E-state index in [0.29, 0.717) is 36.4 Å². The minimum atomic E-state index is -0.412. The van der Waals surface area contributed by atoms with Crippen molar-refractivity contribution in [2.24, 2.45) is 0 Å². The molecule has 0 bridgehead atoms. The summed E-state index contributed by atoms with van der Waals surface area (Å²) < 4.78 is 13.5. The van der Waals surface area contributed by atoms with E-state index in [1.165, 1.54) is 12.1 Å². The van der Waals surface area contributed by atoms with Gasteiger partial charge in [-0.25, -0.2) is 4.39 Å². The zero-order chi connectivity index (χ0) is 21.8. The summed E-state index contributed by atoms with van der Waals surface area (Å²) in [6.07, 6.45) is 3.99. The third-order valence-corrected chi connectivity index (χ3v) is 6.09. The SMILES string of the molecule is Nc1ccc(N2CCCN(C(=O)c3cccc(F)c3)CC2)c(C(=O)N2CCCCC2)c1. The second-order valence-corrected chi connectivity index (χ2v) is 8.27. The predicted octanol–water partition coefficient (Wildman–Crippen LogP) is 3.39. The molecule has 2 amide bonds. The van der Waals surface area contributed by atoms with Gasteiger partial charge in [0.05, 0.1) is 5.56 Å². The van der Waals surface area contributed by atoms with E-state index in [2.05, 4.69) is 4.90 Å². The van der Waals surface area contributed by atoms with Crippen molar-refractivity contribution in [2.75, 3.05) is 49.9 Å². The van der Waals surface area contributed by atoms with E-state index in [4.69, 9.17) is 5.73 Å². The van der Waals surface area contributed by atoms with E-state index in [1.807, 2.05) is 17.0 Å². The number of carbonyl (C=O) groups excluding carboxylic acids is 2. The molecule has 2 aliphatic rings. The van der Waals surface area contributed by atoms with Gasteiger partial charge in [-0.3, -0.25) is 9.59 Å². The fraction of sp³-hybridized carbons (Fsp3) is 0.417. The molecule has 4 rings (SSSR count). The highest BCUT2D eigenvalue weighted by Gasteiger charge is 2.26. The molecule has 0 radical (unpaired) electrons. The van der Waals surface area contributed by atoms with Crippen molar-refractivity contribution in [2.45, 2.75) is 25.7 Å². The normalized spacial score (nSPS) is 17.4. The Labute approximate surface area is 182 Å². The van der Waals surface area contributed by atoms with Gasteiger partial charge in [0.25, 0.3) is 11.8 Å². The van der Waals surface area contributed by atoms with Crippen LogP contribution < -0.4 is 10.6 Å². The van der Waals surface area contributed by atoms with Gasteiger partial charge in [-0.05, 0) is 62.1 Å². The van der Waals surface area contributed by atoms with Crippen LogP contribution in [0, 0.1) is 5.82 Å². The molecule has 2 aromatic carbocycles. The Balaban J connectivity index is 1.51. The van der Waals surface area contributed by atoms with Crippen molar-refractivity contribution in [3.8, 4) is 0 Å².